The van der Waals surface area contributed by atoms with Gasteiger partial charge in [0.15, 0.2) is 11.4 Å². The number of rotatable bonds is 9. The molecular weight excluding hydrogens is 466 g/mol. The van der Waals surface area contributed by atoms with Gasteiger partial charge in [-0.3, -0.25) is 4.79 Å². The fraction of sp³-hybridized carbons (Fsp3) is 0.538. The lowest BCUT2D eigenvalue weighted by Crippen LogP contribution is -2.41. The summed E-state index contributed by atoms with van der Waals surface area (Å²) in [6, 6.07) is 6.83. The van der Waals surface area contributed by atoms with Gasteiger partial charge < -0.3 is 29.0 Å². The average molecular weight is 500 g/mol. The van der Waals surface area contributed by atoms with Crippen molar-refractivity contribution in [2.24, 2.45) is 5.92 Å². The zero-order valence-electron chi connectivity index (χ0n) is 21.1. The second-order valence-electron chi connectivity index (χ2n) is 10.2. The zero-order valence-corrected chi connectivity index (χ0v) is 21.1. The number of anilines is 1. The van der Waals surface area contributed by atoms with Crippen LogP contribution in [0.15, 0.2) is 28.7 Å². The third-order valence-electron chi connectivity index (χ3n) is 5.96. The first-order valence-corrected chi connectivity index (χ1v) is 12.2. The number of nitrogens with zero attached hydrogens (tertiary/aromatic N) is 3. The van der Waals surface area contributed by atoms with Crippen LogP contribution in [0.4, 0.5) is 5.82 Å². The normalized spacial score (nSPS) is 19.2. The first-order valence-electron chi connectivity index (χ1n) is 12.2. The average Bonchev–Trinajstić information content (AvgIpc) is 3.37. The standard InChI is InChI=1S/C26H33N3O7/c1-15(24(31)32)14-34-11-7-10-20-27-21-17-8-5-6-9-19(17)35-22(21)23(28-20)29-13-16(30)12-18(29)25(33)36-26(2,3)4/h5-6,8-9,15-16,18,30H,7,10-14H2,1-4H3,(H,31,32)/t15-,16+,18+/m1/s1. The number of aryl methyl sites for hydroxylation is 1. The number of para-hydroxylation sites is 1. The molecule has 0 amide bonds. The van der Waals surface area contributed by atoms with Crippen molar-refractivity contribution in [3.8, 4) is 0 Å². The molecule has 1 aliphatic rings. The summed E-state index contributed by atoms with van der Waals surface area (Å²) in [6.07, 6.45) is 0.582. The van der Waals surface area contributed by atoms with Gasteiger partial charge in [0.25, 0.3) is 0 Å². The molecule has 10 heteroatoms. The van der Waals surface area contributed by atoms with E-state index >= 15 is 0 Å². The number of hydrogen-bond acceptors (Lipinski definition) is 9. The Balaban J connectivity index is 1.64. The molecule has 2 aromatic heterocycles. The van der Waals surface area contributed by atoms with Crippen LogP contribution in [0.1, 0.15) is 46.4 Å². The second kappa shape index (κ2) is 10.4. The molecule has 10 nitrogen and oxygen atoms in total. The van der Waals surface area contributed by atoms with Crippen LogP contribution < -0.4 is 4.90 Å². The van der Waals surface area contributed by atoms with E-state index in [9.17, 15) is 14.7 Å². The largest absolute Gasteiger partial charge is 0.481 e. The molecule has 0 saturated carbocycles. The number of carbonyl (C=O) groups excluding carboxylic acids is 1. The molecule has 2 N–H and O–H groups in total. The summed E-state index contributed by atoms with van der Waals surface area (Å²) >= 11 is 0. The van der Waals surface area contributed by atoms with Crippen LogP contribution >= 0.6 is 0 Å². The van der Waals surface area contributed by atoms with Crippen molar-refractivity contribution in [2.75, 3.05) is 24.7 Å². The molecular formula is C26H33N3O7. The maximum Gasteiger partial charge on any atom is 0.329 e. The molecule has 1 saturated heterocycles. The molecule has 0 radical (unpaired) electrons. The topological polar surface area (TPSA) is 135 Å². The summed E-state index contributed by atoms with van der Waals surface area (Å²) in [5.41, 5.74) is 1.07. The monoisotopic (exact) mass is 499 g/mol. The molecule has 1 aromatic carbocycles. The Labute approximate surface area is 209 Å². The Hall–Kier alpha value is -3.24. The minimum Gasteiger partial charge on any atom is -0.481 e. The number of aliphatic hydroxyl groups excluding tert-OH is 1. The number of β-amino-alcohol motifs (C(OH)–C–C–N with tert-alkyl or cyclic N) is 1. The number of aromatic nitrogens is 2. The Morgan fingerprint density at radius 3 is 2.72 bits per heavy atom. The van der Waals surface area contributed by atoms with Crippen molar-refractivity contribution in [2.45, 2.75) is 64.7 Å². The second-order valence-corrected chi connectivity index (χ2v) is 10.2. The fourth-order valence-electron chi connectivity index (χ4n) is 4.23. The Morgan fingerprint density at radius 2 is 2.00 bits per heavy atom. The van der Waals surface area contributed by atoms with Crippen molar-refractivity contribution < 1.29 is 33.7 Å². The van der Waals surface area contributed by atoms with Gasteiger partial charge >= 0.3 is 11.9 Å². The van der Waals surface area contributed by atoms with Crippen LogP contribution in [0.3, 0.4) is 0 Å². The Bertz CT molecular complexity index is 1250. The fourth-order valence-corrected chi connectivity index (χ4v) is 4.23. The molecule has 1 fully saturated rings. The number of carboxylic acid groups (broad SMARTS) is 1. The SMILES string of the molecule is C[C@H](COCCCc1nc(N2C[C@@H](O)C[C@H]2C(=O)OC(C)(C)C)c2oc3ccccc3c2n1)C(=O)O. The summed E-state index contributed by atoms with van der Waals surface area (Å²) < 4.78 is 17.3. The Morgan fingerprint density at radius 1 is 1.25 bits per heavy atom. The van der Waals surface area contributed by atoms with Crippen LogP contribution in [0.2, 0.25) is 0 Å². The number of esters is 1. The zero-order chi connectivity index (χ0) is 26.0. The number of benzene rings is 1. The highest BCUT2D eigenvalue weighted by molar-refractivity contribution is 6.06. The number of aliphatic hydroxyl groups is 1. The third kappa shape index (κ3) is 5.76. The van der Waals surface area contributed by atoms with Crippen LogP contribution in [-0.2, 0) is 25.5 Å². The molecule has 3 heterocycles. The number of hydrogen-bond donors (Lipinski definition) is 2. The number of furan rings is 1. The first-order chi connectivity index (χ1) is 17.0. The lowest BCUT2D eigenvalue weighted by Gasteiger charge is -2.28. The summed E-state index contributed by atoms with van der Waals surface area (Å²) in [5, 5.41) is 20.3. The minimum absolute atomic E-state index is 0.135. The van der Waals surface area contributed by atoms with Gasteiger partial charge in [0, 0.05) is 31.4 Å². The van der Waals surface area contributed by atoms with E-state index in [1.807, 2.05) is 24.3 Å². The van der Waals surface area contributed by atoms with Gasteiger partial charge in [0.1, 0.15) is 28.6 Å². The number of aliphatic carboxylic acids is 1. The molecule has 3 aromatic rings. The van der Waals surface area contributed by atoms with E-state index in [1.165, 1.54) is 0 Å². The van der Waals surface area contributed by atoms with E-state index in [4.69, 9.17) is 29.0 Å². The number of carboxylic acids is 1. The van der Waals surface area contributed by atoms with E-state index in [2.05, 4.69) is 0 Å². The van der Waals surface area contributed by atoms with E-state index in [0.717, 1.165) is 5.39 Å². The number of ether oxygens (including phenoxy) is 2. The highest BCUT2D eigenvalue weighted by Crippen LogP contribution is 2.36. The quantitative estimate of drug-likeness (QED) is 0.333. The lowest BCUT2D eigenvalue weighted by atomic mass is 10.1. The Kier molecular flexibility index (Phi) is 7.46. The molecule has 0 aliphatic carbocycles. The minimum atomic E-state index is -0.896. The summed E-state index contributed by atoms with van der Waals surface area (Å²) in [4.78, 5) is 35.2. The van der Waals surface area contributed by atoms with E-state index in [0.29, 0.717) is 47.8 Å². The predicted octanol–water partition coefficient (Wildman–Crippen LogP) is 3.33. The van der Waals surface area contributed by atoms with Crippen LogP contribution in [0.5, 0.6) is 0 Å². The highest BCUT2D eigenvalue weighted by atomic mass is 16.6. The molecule has 0 bridgehead atoms. The van der Waals surface area contributed by atoms with Gasteiger partial charge in [-0.15, -0.1) is 0 Å². The van der Waals surface area contributed by atoms with Gasteiger partial charge in [-0.1, -0.05) is 12.1 Å². The number of fused-ring (bicyclic) bond motifs is 3. The molecule has 0 unspecified atom stereocenters. The molecule has 4 rings (SSSR count). The molecule has 36 heavy (non-hydrogen) atoms. The maximum atomic E-state index is 13.0. The van der Waals surface area contributed by atoms with Crippen molar-refractivity contribution in [3.05, 3.63) is 30.1 Å². The van der Waals surface area contributed by atoms with Crippen molar-refractivity contribution in [1.29, 1.82) is 0 Å². The van der Waals surface area contributed by atoms with Crippen LogP contribution in [0.25, 0.3) is 22.1 Å². The van der Waals surface area contributed by atoms with E-state index in [-0.39, 0.29) is 19.6 Å². The van der Waals surface area contributed by atoms with Crippen LogP contribution in [-0.4, -0.2) is 69.6 Å². The van der Waals surface area contributed by atoms with Crippen molar-refractivity contribution >= 4 is 39.8 Å². The molecule has 3 atom stereocenters. The predicted molar refractivity (Wildman–Crippen MR) is 133 cm³/mol. The first kappa shape index (κ1) is 25.8. The highest BCUT2D eigenvalue weighted by Gasteiger charge is 2.41. The van der Waals surface area contributed by atoms with Crippen molar-refractivity contribution in [1.82, 2.24) is 9.97 Å². The van der Waals surface area contributed by atoms with Gasteiger partial charge in [0.2, 0.25) is 0 Å². The molecule has 1 aliphatic heterocycles. The molecule has 194 valence electrons. The number of carbonyl (C=O) groups is 2. The van der Waals surface area contributed by atoms with Crippen molar-refractivity contribution in [3.63, 3.8) is 0 Å². The lowest BCUT2D eigenvalue weighted by molar-refractivity contribution is -0.156. The summed E-state index contributed by atoms with van der Waals surface area (Å²) in [5.74, 6) is -0.910. The van der Waals surface area contributed by atoms with Gasteiger partial charge in [-0.05, 0) is 46.2 Å². The summed E-state index contributed by atoms with van der Waals surface area (Å²) in [7, 11) is 0. The van der Waals surface area contributed by atoms with E-state index < -0.39 is 35.6 Å². The van der Waals surface area contributed by atoms with E-state index in [1.54, 1.807) is 32.6 Å². The third-order valence-corrected chi connectivity index (χ3v) is 5.96. The van der Waals surface area contributed by atoms with Gasteiger partial charge in [-0.25, -0.2) is 14.8 Å². The van der Waals surface area contributed by atoms with Gasteiger partial charge in [-0.2, -0.15) is 0 Å². The van der Waals surface area contributed by atoms with Gasteiger partial charge in [0.05, 0.1) is 18.6 Å². The smallest absolute Gasteiger partial charge is 0.329 e. The summed E-state index contributed by atoms with van der Waals surface area (Å²) in [6.45, 7) is 7.73. The van der Waals surface area contributed by atoms with Crippen LogP contribution in [0, 0.1) is 5.92 Å². The molecule has 0 spiro atoms. The maximum absolute atomic E-state index is 13.0.